The van der Waals surface area contributed by atoms with Gasteiger partial charge in [-0.3, -0.25) is 4.79 Å². The molecule has 1 atom stereocenters. The fourth-order valence-electron chi connectivity index (χ4n) is 2.02. The molecule has 0 saturated heterocycles. The second-order valence-corrected chi connectivity index (χ2v) is 6.24. The van der Waals surface area contributed by atoms with E-state index in [9.17, 15) is 10.1 Å². The highest BCUT2D eigenvalue weighted by molar-refractivity contribution is 9.10. The van der Waals surface area contributed by atoms with Gasteiger partial charge in [-0.15, -0.1) is 0 Å². The van der Waals surface area contributed by atoms with E-state index in [2.05, 4.69) is 37.9 Å². The Morgan fingerprint density at radius 1 is 1.20 bits per heavy atom. The van der Waals surface area contributed by atoms with Crippen molar-refractivity contribution in [3.05, 3.63) is 68.1 Å². The van der Waals surface area contributed by atoms with Gasteiger partial charge >= 0.3 is 0 Å². The summed E-state index contributed by atoms with van der Waals surface area (Å²) >= 11 is 6.77. The highest BCUT2D eigenvalue weighted by Crippen LogP contribution is 2.28. The number of hydrogen-bond donors (Lipinski definition) is 0. The van der Waals surface area contributed by atoms with E-state index < -0.39 is 5.92 Å². The quantitative estimate of drug-likeness (QED) is 0.688. The molecule has 0 N–H and O–H groups in total. The van der Waals surface area contributed by atoms with Gasteiger partial charge < -0.3 is 0 Å². The molecule has 2 rings (SSSR count). The molecule has 2 aromatic carbocycles. The van der Waals surface area contributed by atoms with Crippen LogP contribution in [0.25, 0.3) is 0 Å². The van der Waals surface area contributed by atoms with Crippen molar-refractivity contribution in [2.75, 3.05) is 0 Å². The molecule has 0 aliphatic rings. The van der Waals surface area contributed by atoms with Gasteiger partial charge in [-0.1, -0.05) is 50.1 Å². The van der Waals surface area contributed by atoms with Crippen LogP contribution in [0, 0.1) is 18.3 Å². The first-order valence-electron chi connectivity index (χ1n) is 5.98. The number of hydrogen-bond acceptors (Lipinski definition) is 2. The molecule has 0 spiro atoms. The Bertz CT molecular complexity index is 684. The molecule has 0 aliphatic heterocycles. The van der Waals surface area contributed by atoms with Crippen molar-refractivity contribution < 1.29 is 4.79 Å². The molecular formula is C16H11Br2NO. The van der Waals surface area contributed by atoms with Crippen LogP contribution in [0.1, 0.15) is 27.4 Å². The number of halogens is 2. The normalized spacial score (nSPS) is 11.7. The summed E-state index contributed by atoms with van der Waals surface area (Å²) < 4.78 is 1.61. The van der Waals surface area contributed by atoms with Crippen LogP contribution in [0.5, 0.6) is 0 Å². The van der Waals surface area contributed by atoms with Crippen molar-refractivity contribution >= 4 is 37.6 Å². The van der Waals surface area contributed by atoms with Crippen molar-refractivity contribution in [2.24, 2.45) is 0 Å². The van der Waals surface area contributed by atoms with Crippen LogP contribution in [-0.4, -0.2) is 5.78 Å². The average molecular weight is 393 g/mol. The van der Waals surface area contributed by atoms with Gasteiger partial charge in [0.1, 0.15) is 5.92 Å². The molecule has 0 bridgehead atoms. The Morgan fingerprint density at radius 3 is 2.50 bits per heavy atom. The lowest BCUT2D eigenvalue weighted by Crippen LogP contribution is -2.12. The largest absolute Gasteiger partial charge is 0.292 e. The van der Waals surface area contributed by atoms with Crippen LogP contribution in [-0.2, 0) is 0 Å². The van der Waals surface area contributed by atoms with Gasteiger partial charge in [-0.05, 0) is 42.3 Å². The molecule has 2 aromatic rings. The van der Waals surface area contributed by atoms with E-state index in [0.29, 0.717) is 11.1 Å². The van der Waals surface area contributed by atoms with Crippen molar-refractivity contribution in [1.29, 1.82) is 5.26 Å². The van der Waals surface area contributed by atoms with Gasteiger partial charge in [0.15, 0.2) is 5.78 Å². The van der Waals surface area contributed by atoms with Crippen LogP contribution in [0.4, 0.5) is 0 Å². The number of aryl methyl sites for hydroxylation is 1. The number of carbonyl (C=O) groups excluding carboxylic acids is 1. The third-order valence-corrected chi connectivity index (χ3v) is 4.11. The summed E-state index contributed by atoms with van der Waals surface area (Å²) in [6.07, 6.45) is 0. The van der Waals surface area contributed by atoms with Crippen LogP contribution in [0.2, 0.25) is 0 Å². The van der Waals surface area contributed by atoms with Crippen LogP contribution >= 0.6 is 31.9 Å². The molecule has 0 amide bonds. The first-order chi connectivity index (χ1) is 9.52. The number of rotatable bonds is 3. The summed E-state index contributed by atoms with van der Waals surface area (Å²) in [5.74, 6) is -0.997. The predicted octanol–water partition coefficient (Wildman–Crippen LogP) is 5.01. The Morgan fingerprint density at radius 2 is 1.90 bits per heavy atom. The van der Waals surface area contributed by atoms with Gasteiger partial charge in [-0.25, -0.2) is 0 Å². The molecule has 0 radical (unpaired) electrons. The highest BCUT2D eigenvalue weighted by Gasteiger charge is 2.23. The maximum atomic E-state index is 12.6. The SMILES string of the molecule is Cc1cc(Br)cc(C(=O)C(C#N)c2ccccc2Br)c1. The Kier molecular flexibility index (Phi) is 4.74. The number of nitrogens with zero attached hydrogens (tertiary/aromatic N) is 1. The zero-order chi connectivity index (χ0) is 14.7. The Labute approximate surface area is 134 Å². The number of benzene rings is 2. The number of carbonyl (C=O) groups is 1. The monoisotopic (exact) mass is 391 g/mol. The molecule has 0 saturated carbocycles. The lowest BCUT2D eigenvalue weighted by molar-refractivity contribution is 0.0978. The average Bonchev–Trinajstić information content (AvgIpc) is 2.40. The lowest BCUT2D eigenvalue weighted by atomic mass is 9.91. The fourth-order valence-corrected chi connectivity index (χ4v) is 3.15. The maximum absolute atomic E-state index is 12.6. The number of Topliss-reactive ketones (excluding diaryl/α,β-unsaturated/α-hetero) is 1. The highest BCUT2D eigenvalue weighted by atomic mass is 79.9. The minimum absolute atomic E-state index is 0.191. The number of ketones is 1. The van der Waals surface area contributed by atoms with Crippen molar-refractivity contribution in [3.63, 3.8) is 0 Å². The first-order valence-corrected chi connectivity index (χ1v) is 7.57. The molecule has 0 fully saturated rings. The van der Waals surface area contributed by atoms with E-state index in [-0.39, 0.29) is 5.78 Å². The van der Waals surface area contributed by atoms with Crippen LogP contribution < -0.4 is 0 Å². The topological polar surface area (TPSA) is 40.9 Å². The van der Waals surface area contributed by atoms with Crippen LogP contribution in [0.3, 0.4) is 0 Å². The third-order valence-electron chi connectivity index (χ3n) is 2.93. The Balaban J connectivity index is 2.45. The molecule has 0 aliphatic carbocycles. The van der Waals surface area contributed by atoms with E-state index in [1.54, 1.807) is 18.2 Å². The first kappa shape index (κ1) is 15.0. The zero-order valence-electron chi connectivity index (χ0n) is 10.7. The van der Waals surface area contributed by atoms with Crippen LogP contribution in [0.15, 0.2) is 51.4 Å². The predicted molar refractivity (Wildman–Crippen MR) is 85.7 cm³/mol. The minimum atomic E-state index is -0.806. The molecule has 4 heteroatoms. The number of nitriles is 1. The van der Waals surface area contributed by atoms with Gasteiger partial charge in [0.05, 0.1) is 6.07 Å². The fraction of sp³-hybridized carbons (Fsp3) is 0.125. The minimum Gasteiger partial charge on any atom is -0.292 e. The van der Waals surface area contributed by atoms with Gasteiger partial charge in [0, 0.05) is 14.5 Å². The molecule has 1 unspecified atom stereocenters. The summed E-state index contributed by atoms with van der Waals surface area (Å²) in [7, 11) is 0. The summed E-state index contributed by atoms with van der Waals surface area (Å²) in [6, 6.07) is 14.9. The smallest absolute Gasteiger partial charge is 0.184 e. The molecule has 2 nitrogen and oxygen atoms in total. The van der Waals surface area contributed by atoms with Crippen molar-refractivity contribution in [1.82, 2.24) is 0 Å². The summed E-state index contributed by atoms with van der Waals surface area (Å²) in [4.78, 5) is 12.6. The van der Waals surface area contributed by atoms with Gasteiger partial charge in [-0.2, -0.15) is 5.26 Å². The third kappa shape index (κ3) is 3.17. The van der Waals surface area contributed by atoms with E-state index in [4.69, 9.17) is 0 Å². The molecule has 100 valence electrons. The standard InChI is InChI=1S/C16H11Br2NO/c1-10-6-11(8-12(17)7-10)16(20)14(9-19)13-4-2-3-5-15(13)18/h2-8,14H,1H3. The summed E-state index contributed by atoms with van der Waals surface area (Å²) in [5.41, 5.74) is 2.21. The Hall–Kier alpha value is -1.44. The van der Waals surface area contributed by atoms with E-state index >= 15 is 0 Å². The lowest BCUT2D eigenvalue weighted by Gasteiger charge is -2.11. The zero-order valence-corrected chi connectivity index (χ0v) is 13.9. The maximum Gasteiger partial charge on any atom is 0.184 e. The van der Waals surface area contributed by atoms with E-state index in [1.807, 2.05) is 31.2 Å². The van der Waals surface area contributed by atoms with E-state index in [1.165, 1.54) is 0 Å². The molecular weight excluding hydrogens is 382 g/mol. The van der Waals surface area contributed by atoms with Gasteiger partial charge in [0.25, 0.3) is 0 Å². The van der Waals surface area contributed by atoms with E-state index in [0.717, 1.165) is 14.5 Å². The summed E-state index contributed by atoms with van der Waals surface area (Å²) in [6.45, 7) is 1.92. The van der Waals surface area contributed by atoms with Gasteiger partial charge in [0.2, 0.25) is 0 Å². The molecule has 20 heavy (non-hydrogen) atoms. The second-order valence-electron chi connectivity index (χ2n) is 4.47. The summed E-state index contributed by atoms with van der Waals surface area (Å²) in [5, 5.41) is 9.37. The van der Waals surface area contributed by atoms with Crippen molar-refractivity contribution in [2.45, 2.75) is 12.8 Å². The molecule has 0 aromatic heterocycles. The molecule has 0 heterocycles. The second kappa shape index (κ2) is 6.34. The van der Waals surface area contributed by atoms with Crippen molar-refractivity contribution in [3.8, 4) is 6.07 Å².